The van der Waals surface area contributed by atoms with Crippen molar-refractivity contribution in [2.75, 3.05) is 0 Å². The van der Waals surface area contributed by atoms with Crippen LogP contribution in [0.4, 0.5) is 0 Å². The van der Waals surface area contributed by atoms with Gasteiger partial charge in [0, 0.05) is 10.2 Å². The van der Waals surface area contributed by atoms with Gasteiger partial charge in [-0.25, -0.2) is 0 Å². The lowest BCUT2D eigenvalue weighted by molar-refractivity contribution is 1.03. The minimum atomic E-state index is 0.852. The zero-order chi connectivity index (χ0) is 7.40. The Bertz CT molecular complexity index is 179. The van der Waals surface area contributed by atoms with Gasteiger partial charge in [0.2, 0.25) is 0 Å². The Morgan fingerprint density at radius 3 is 2.70 bits per heavy atom. The average molecular weight is 200 g/mol. The summed E-state index contributed by atoms with van der Waals surface area (Å²) >= 11 is 3.39. The second kappa shape index (κ2) is 3.62. The molecule has 10 heavy (non-hydrogen) atoms. The van der Waals surface area contributed by atoms with Gasteiger partial charge in [-0.05, 0) is 25.0 Å². The van der Waals surface area contributed by atoms with Crippen molar-refractivity contribution in [3.63, 3.8) is 0 Å². The molecule has 0 heterocycles. The number of allylic oxidation sites excluding steroid dienone is 5. The predicted octanol–water partition coefficient (Wildman–Crippen LogP) is 2.46. The Morgan fingerprint density at radius 2 is 1.90 bits per heavy atom. The topological polar surface area (TPSA) is 26.0 Å². The van der Waals surface area contributed by atoms with Crippen LogP contribution in [-0.4, -0.2) is 0 Å². The van der Waals surface area contributed by atoms with Gasteiger partial charge in [-0.2, -0.15) is 0 Å². The van der Waals surface area contributed by atoms with Gasteiger partial charge >= 0.3 is 0 Å². The van der Waals surface area contributed by atoms with Crippen LogP contribution in [0.2, 0.25) is 0 Å². The minimum absolute atomic E-state index is 0.852. The molecule has 1 aliphatic carbocycles. The molecule has 54 valence electrons. The van der Waals surface area contributed by atoms with Crippen molar-refractivity contribution >= 4 is 15.9 Å². The second-order valence-electron chi connectivity index (χ2n) is 2.20. The number of hydrogen-bond acceptors (Lipinski definition) is 1. The fourth-order valence-electron chi connectivity index (χ4n) is 0.783. The molecule has 2 heteroatoms. The highest BCUT2D eigenvalue weighted by molar-refractivity contribution is 9.11. The van der Waals surface area contributed by atoms with Crippen LogP contribution in [-0.2, 0) is 0 Å². The second-order valence-corrected chi connectivity index (χ2v) is 3.12. The smallest absolute Gasteiger partial charge is 0.0273 e. The van der Waals surface area contributed by atoms with E-state index < -0.39 is 0 Å². The highest BCUT2D eigenvalue weighted by Gasteiger charge is 1.90. The lowest BCUT2D eigenvalue weighted by Gasteiger charge is -1.97. The minimum Gasteiger partial charge on any atom is -0.399 e. The van der Waals surface area contributed by atoms with Gasteiger partial charge in [0.25, 0.3) is 0 Å². The average Bonchev–Trinajstić information content (AvgIpc) is 1.90. The Hall–Kier alpha value is -0.500. The highest BCUT2D eigenvalue weighted by Crippen LogP contribution is 2.12. The first-order chi connectivity index (χ1) is 4.79. The molecule has 0 spiro atoms. The Morgan fingerprint density at radius 1 is 1.20 bits per heavy atom. The van der Waals surface area contributed by atoms with Crippen molar-refractivity contribution in [1.82, 2.24) is 0 Å². The van der Waals surface area contributed by atoms with Gasteiger partial charge < -0.3 is 5.73 Å². The van der Waals surface area contributed by atoms with Crippen molar-refractivity contribution < 1.29 is 0 Å². The summed E-state index contributed by atoms with van der Waals surface area (Å²) in [5.74, 6) is 0. The summed E-state index contributed by atoms with van der Waals surface area (Å²) in [6.45, 7) is 0. The third-order valence-corrected chi connectivity index (χ3v) is 1.91. The normalized spacial score (nSPS) is 24.1. The molecule has 0 aliphatic heterocycles. The van der Waals surface area contributed by atoms with Gasteiger partial charge in [-0.15, -0.1) is 0 Å². The Balaban J connectivity index is 2.73. The van der Waals surface area contributed by atoms with E-state index in [-0.39, 0.29) is 0 Å². The molecular formula is C8H10BrN. The molecule has 2 N–H and O–H groups in total. The molecule has 1 nitrogen and oxygen atoms in total. The van der Waals surface area contributed by atoms with Gasteiger partial charge in [0.1, 0.15) is 0 Å². The van der Waals surface area contributed by atoms with Gasteiger partial charge in [-0.3, -0.25) is 0 Å². The van der Waals surface area contributed by atoms with E-state index in [1.165, 1.54) is 0 Å². The highest BCUT2D eigenvalue weighted by atomic mass is 79.9. The van der Waals surface area contributed by atoms with Crippen molar-refractivity contribution in [3.05, 3.63) is 34.5 Å². The van der Waals surface area contributed by atoms with Crippen LogP contribution in [0.3, 0.4) is 0 Å². The van der Waals surface area contributed by atoms with Gasteiger partial charge in [0.05, 0.1) is 0 Å². The van der Waals surface area contributed by atoms with Crippen molar-refractivity contribution in [2.45, 2.75) is 12.8 Å². The van der Waals surface area contributed by atoms with Crippen LogP contribution in [0.1, 0.15) is 12.8 Å². The molecule has 0 amide bonds. The molecule has 1 rings (SSSR count). The van der Waals surface area contributed by atoms with E-state index in [1.807, 2.05) is 18.2 Å². The first-order valence-corrected chi connectivity index (χ1v) is 4.08. The fraction of sp³-hybridized carbons (Fsp3) is 0.250. The third kappa shape index (κ3) is 2.40. The molecule has 0 bridgehead atoms. The summed E-state index contributed by atoms with van der Waals surface area (Å²) in [6.07, 6.45) is 10.1. The number of halogens is 1. The molecule has 0 radical (unpaired) electrons. The SMILES string of the molecule is NC1=CCC/C=C(\Br)C=C1. The van der Waals surface area contributed by atoms with E-state index in [1.54, 1.807) is 0 Å². The zero-order valence-electron chi connectivity index (χ0n) is 5.68. The van der Waals surface area contributed by atoms with Crippen LogP contribution >= 0.6 is 15.9 Å². The lowest BCUT2D eigenvalue weighted by Crippen LogP contribution is -1.93. The molecule has 0 unspecified atom stereocenters. The summed E-state index contributed by atoms with van der Waals surface area (Å²) in [4.78, 5) is 0. The summed E-state index contributed by atoms with van der Waals surface area (Å²) in [5.41, 5.74) is 6.44. The van der Waals surface area contributed by atoms with E-state index in [2.05, 4.69) is 22.0 Å². The molecule has 1 aliphatic rings. The maximum atomic E-state index is 5.59. The molecule has 0 saturated heterocycles. The standard InChI is InChI=1S/C8H10BrN/c9-7-3-1-2-4-8(10)6-5-7/h3-6H,1-2,10H2/b6-5?,7-3-,8-4?. The van der Waals surface area contributed by atoms with E-state index in [9.17, 15) is 0 Å². The number of nitrogens with two attached hydrogens (primary N) is 1. The fourth-order valence-corrected chi connectivity index (χ4v) is 1.14. The van der Waals surface area contributed by atoms with E-state index in [0.29, 0.717) is 0 Å². The zero-order valence-corrected chi connectivity index (χ0v) is 7.26. The first kappa shape index (κ1) is 7.61. The third-order valence-electron chi connectivity index (χ3n) is 1.32. The number of rotatable bonds is 0. The molecule has 0 aromatic carbocycles. The largest absolute Gasteiger partial charge is 0.399 e. The molecule has 0 atom stereocenters. The van der Waals surface area contributed by atoms with Crippen molar-refractivity contribution in [1.29, 1.82) is 0 Å². The maximum absolute atomic E-state index is 5.59. The maximum Gasteiger partial charge on any atom is 0.0273 e. The van der Waals surface area contributed by atoms with E-state index in [4.69, 9.17) is 5.73 Å². The summed E-state index contributed by atoms with van der Waals surface area (Å²) < 4.78 is 1.11. The molecule has 0 saturated carbocycles. The van der Waals surface area contributed by atoms with Crippen LogP contribution in [0.25, 0.3) is 0 Å². The quantitative estimate of drug-likeness (QED) is 0.638. The Labute approximate surface area is 69.4 Å². The van der Waals surface area contributed by atoms with Crippen molar-refractivity contribution in [3.8, 4) is 0 Å². The summed E-state index contributed by atoms with van der Waals surface area (Å²) in [5, 5.41) is 0. The number of hydrogen-bond donors (Lipinski definition) is 1. The van der Waals surface area contributed by atoms with E-state index in [0.717, 1.165) is 23.0 Å². The van der Waals surface area contributed by atoms with Gasteiger partial charge in [-0.1, -0.05) is 28.1 Å². The summed E-state index contributed by atoms with van der Waals surface area (Å²) in [6, 6.07) is 0. The van der Waals surface area contributed by atoms with Gasteiger partial charge in [0.15, 0.2) is 0 Å². The Kier molecular flexibility index (Phi) is 2.75. The molecular weight excluding hydrogens is 190 g/mol. The lowest BCUT2D eigenvalue weighted by atomic mass is 10.2. The summed E-state index contributed by atoms with van der Waals surface area (Å²) in [7, 11) is 0. The molecule has 0 fully saturated rings. The van der Waals surface area contributed by atoms with Crippen LogP contribution in [0.5, 0.6) is 0 Å². The van der Waals surface area contributed by atoms with Crippen LogP contribution in [0.15, 0.2) is 34.5 Å². The monoisotopic (exact) mass is 199 g/mol. The first-order valence-electron chi connectivity index (χ1n) is 3.28. The predicted molar refractivity (Wildman–Crippen MR) is 47.7 cm³/mol. The van der Waals surface area contributed by atoms with E-state index >= 15 is 0 Å². The molecule has 0 aromatic rings. The van der Waals surface area contributed by atoms with Crippen molar-refractivity contribution in [2.24, 2.45) is 5.73 Å². The van der Waals surface area contributed by atoms with Crippen LogP contribution < -0.4 is 5.73 Å². The molecule has 0 aromatic heterocycles. The van der Waals surface area contributed by atoms with Crippen LogP contribution in [0, 0.1) is 0 Å².